The number of benzene rings is 2. The van der Waals surface area contributed by atoms with Gasteiger partial charge in [0.15, 0.2) is 0 Å². The van der Waals surface area contributed by atoms with Crippen LogP contribution < -0.4 is 10.1 Å². The van der Waals surface area contributed by atoms with Gasteiger partial charge in [0.2, 0.25) is 0 Å². The van der Waals surface area contributed by atoms with E-state index in [4.69, 9.17) is 11.2 Å². The summed E-state index contributed by atoms with van der Waals surface area (Å²) < 4.78 is 5.39. The van der Waals surface area contributed by atoms with Crippen molar-refractivity contribution in [2.75, 3.05) is 13.7 Å². The average Bonchev–Trinajstić information content (AvgIpc) is 2.39. The molecule has 0 aromatic heterocycles. The zero-order valence-corrected chi connectivity index (χ0v) is 9.86. The van der Waals surface area contributed by atoms with E-state index in [-0.39, 0.29) is 0 Å². The van der Waals surface area contributed by atoms with Gasteiger partial charge in [-0.15, -0.1) is 6.42 Å². The van der Waals surface area contributed by atoms with Crippen molar-refractivity contribution in [3.8, 4) is 18.1 Å². The van der Waals surface area contributed by atoms with Crippen LogP contribution in [-0.4, -0.2) is 13.7 Å². The highest BCUT2D eigenvalue weighted by atomic mass is 16.5. The van der Waals surface area contributed by atoms with E-state index in [2.05, 4.69) is 29.4 Å². The minimum absolute atomic E-state index is 0.562. The van der Waals surface area contributed by atoms with Crippen LogP contribution in [0.15, 0.2) is 36.4 Å². The van der Waals surface area contributed by atoms with Crippen molar-refractivity contribution < 1.29 is 4.74 Å². The summed E-state index contributed by atoms with van der Waals surface area (Å²) in [7, 11) is 1.69. The van der Waals surface area contributed by atoms with Gasteiger partial charge in [0, 0.05) is 12.1 Å². The van der Waals surface area contributed by atoms with Crippen LogP contribution in [0.4, 0.5) is 0 Å². The fourth-order valence-corrected chi connectivity index (χ4v) is 1.95. The standard InChI is InChI=1S/C15H15NO/c1-3-10-16-11-14-13-7-5-4-6-12(13)8-9-15(14)17-2/h1,4-9,16H,10-11H2,2H3. The first kappa shape index (κ1) is 11.5. The molecule has 1 N–H and O–H groups in total. The van der Waals surface area contributed by atoms with Crippen molar-refractivity contribution in [2.45, 2.75) is 6.54 Å². The highest BCUT2D eigenvalue weighted by molar-refractivity contribution is 5.87. The lowest BCUT2D eigenvalue weighted by Gasteiger charge is -2.12. The number of methoxy groups -OCH3 is 1. The second-order valence-electron chi connectivity index (χ2n) is 3.78. The topological polar surface area (TPSA) is 21.3 Å². The number of rotatable bonds is 4. The van der Waals surface area contributed by atoms with E-state index in [1.807, 2.05) is 18.2 Å². The molecule has 0 unspecified atom stereocenters. The van der Waals surface area contributed by atoms with Crippen LogP contribution in [0, 0.1) is 12.3 Å². The Kier molecular flexibility index (Phi) is 3.64. The minimum Gasteiger partial charge on any atom is -0.496 e. The molecule has 2 nitrogen and oxygen atoms in total. The van der Waals surface area contributed by atoms with E-state index in [0.717, 1.165) is 11.3 Å². The summed E-state index contributed by atoms with van der Waals surface area (Å²) in [5.41, 5.74) is 1.15. The van der Waals surface area contributed by atoms with Gasteiger partial charge >= 0.3 is 0 Å². The second kappa shape index (κ2) is 5.38. The zero-order chi connectivity index (χ0) is 12.1. The molecule has 0 atom stereocenters. The molecule has 17 heavy (non-hydrogen) atoms. The molecule has 0 amide bonds. The smallest absolute Gasteiger partial charge is 0.123 e. The molecule has 2 heteroatoms. The van der Waals surface area contributed by atoms with Gasteiger partial charge in [-0.25, -0.2) is 0 Å². The van der Waals surface area contributed by atoms with Gasteiger partial charge in [-0.3, -0.25) is 0 Å². The maximum Gasteiger partial charge on any atom is 0.123 e. The Balaban J connectivity index is 2.44. The Morgan fingerprint density at radius 2 is 2.06 bits per heavy atom. The summed E-state index contributed by atoms with van der Waals surface area (Å²) in [4.78, 5) is 0. The molecule has 0 aliphatic carbocycles. The summed E-state index contributed by atoms with van der Waals surface area (Å²) in [5, 5.41) is 5.62. The van der Waals surface area contributed by atoms with Crippen LogP contribution in [0.2, 0.25) is 0 Å². The molecule has 86 valence electrons. The molecule has 2 aromatic rings. The van der Waals surface area contributed by atoms with Crippen molar-refractivity contribution >= 4 is 10.8 Å². The van der Waals surface area contributed by atoms with Gasteiger partial charge < -0.3 is 10.1 Å². The van der Waals surface area contributed by atoms with E-state index in [0.29, 0.717) is 13.1 Å². The lowest BCUT2D eigenvalue weighted by molar-refractivity contribution is 0.409. The van der Waals surface area contributed by atoms with Crippen molar-refractivity contribution in [3.63, 3.8) is 0 Å². The quantitative estimate of drug-likeness (QED) is 0.638. The Hall–Kier alpha value is -1.98. The van der Waals surface area contributed by atoms with E-state index in [9.17, 15) is 0 Å². The summed E-state index contributed by atoms with van der Waals surface area (Å²) in [6, 6.07) is 12.3. The van der Waals surface area contributed by atoms with Crippen LogP contribution in [-0.2, 0) is 6.54 Å². The summed E-state index contributed by atoms with van der Waals surface area (Å²) in [6.45, 7) is 1.28. The minimum atomic E-state index is 0.562. The van der Waals surface area contributed by atoms with Gasteiger partial charge in [-0.1, -0.05) is 36.3 Å². The molecule has 0 fully saturated rings. The van der Waals surface area contributed by atoms with Crippen LogP contribution in [0.1, 0.15) is 5.56 Å². The third-order valence-corrected chi connectivity index (χ3v) is 2.75. The summed E-state index contributed by atoms with van der Waals surface area (Å²) in [6.07, 6.45) is 5.23. The molecular weight excluding hydrogens is 210 g/mol. The van der Waals surface area contributed by atoms with Gasteiger partial charge in [0.25, 0.3) is 0 Å². The predicted octanol–water partition coefficient (Wildman–Crippen LogP) is 2.57. The van der Waals surface area contributed by atoms with Crippen molar-refractivity contribution in [2.24, 2.45) is 0 Å². The summed E-state index contributed by atoms with van der Waals surface area (Å²) in [5.74, 6) is 3.47. The highest BCUT2D eigenvalue weighted by Gasteiger charge is 2.06. The normalized spacial score (nSPS) is 10.1. The fourth-order valence-electron chi connectivity index (χ4n) is 1.95. The first-order valence-electron chi connectivity index (χ1n) is 5.55. The van der Waals surface area contributed by atoms with Gasteiger partial charge in [0.05, 0.1) is 13.7 Å². The van der Waals surface area contributed by atoms with E-state index >= 15 is 0 Å². The average molecular weight is 225 g/mol. The molecular formula is C15H15NO. The zero-order valence-electron chi connectivity index (χ0n) is 9.86. The van der Waals surface area contributed by atoms with Crippen molar-refractivity contribution in [3.05, 3.63) is 42.0 Å². The number of ether oxygens (including phenoxy) is 1. The van der Waals surface area contributed by atoms with E-state index < -0.39 is 0 Å². The Bertz CT molecular complexity index is 554. The third kappa shape index (κ3) is 2.41. The van der Waals surface area contributed by atoms with Crippen LogP contribution >= 0.6 is 0 Å². The molecule has 0 heterocycles. The molecule has 0 spiro atoms. The van der Waals surface area contributed by atoms with E-state index in [1.165, 1.54) is 10.8 Å². The first-order chi connectivity index (χ1) is 8.36. The van der Waals surface area contributed by atoms with Crippen LogP contribution in [0.25, 0.3) is 10.8 Å². The summed E-state index contributed by atoms with van der Waals surface area (Å²) >= 11 is 0. The van der Waals surface area contributed by atoms with Gasteiger partial charge in [0.1, 0.15) is 5.75 Å². The Morgan fingerprint density at radius 1 is 1.24 bits per heavy atom. The molecule has 0 radical (unpaired) electrons. The lowest BCUT2D eigenvalue weighted by Crippen LogP contribution is -2.14. The number of terminal acetylenes is 1. The largest absolute Gasteiger partial charge is 0.496 e. The lowest BCUT2D eigenvalue weighted by atomic mass is 10.0. The Morgan fingerprint density at radius 3 is 2.82 bits per heavy atom. The maximum absolute atomic E-state index is 5.39. The number of hydrogen-bond acceptors (Lipinski definition) is 2. The monoisotopic (exact) mass is 225 g/mol. The first-order valence-corrected chi connectivity index (χ1v) is 5.55. The predicted molar refractivity (Wildman–Crippen MR) is 71.0 cm³/mol. The molecule has 0 aliphatic heterocycles. The van der Waals surface area contributed by atoms with E-state index in [1.54, 1.807) is 7.11 Å². The number of hydrogen-bond donors (Lipinski definition) is 1. The molecule has 0 saturated heterocycles. The highest BCUT2D eigenvalue weighted by Crippen LogP contribution is 2.27. The van der Waals surface area contributed by atoms with Gasteiger partial charge in [-0.05, 0) is 16.8 Å². The SMILES string of the molecule is C#CCNCc1c(OC)ccc2ccccc12. The van der Waals surface area contributed by atoms with Crippen LogP contribution in [0.3, 0.4) is 0 Å². The molecule has 0 aliphatic rings. The maximum atomic E-state index is 5.39. The van der Waals surface area contributed by atoms with Crippen LogP contribution in [0.5, 0.6) is 5.75 Å². The number of nitrogens with one attached hydrogen (secondary N) is 1. The fraction of sp³-hybridized carbons (Fsp3) is 0.200. The second-order valence-corrected chi connectivity index (χ2v) is 3.78. The number of fused-ring (bicyclic) bond motifs is 1. The molecule has 2 aromatic carbocycles. The third-order valence-electron chi connectivity index (χ3n) is 2.75. The van der Waals surface area contributed by atoms with Crippen molar-refractivity contribution in [1.82, 2.24) is 5.32 Å². The van der Waals surface area contributed by atoms with Crippen molar-refractivity contribution in [1.29, 1.82) is 0 Å². The molecule has 0 saturated carbocycles. The van der Waals surface area contributed by atoms with Gasteiger partial charge in [-0.2, -0.15) is 0 Å². The molecule has 2 rings (SSSR count). The molecule has 0 bridgehead atoms. The Labute approximate surface area is 102 Å².